The maximum atomic E-state index is 12.3. The Morgan fingerprint density at radius 1 is 1.47 bits per heavy atom. The molecule has 0 amide bonds. The van der Waals surface area contributed by atoms with E-state index >= 15 is 0 Å². The molecular formula is C13H19ClN2O3. The first-order valence-electron chi connectivity index (χ1n) is 6.61. The molecule has 106 valence electrons. The van der Waals surface area contributed by atoms with Gasteiger partial charge in [0.15, 0.2) is 0 Å². The SMILES string of the molecule is CC(C)c1c(Cl)[nH]c(=O)n(CCC2CCOC2)c1=O. The maximum Gasteiger partial charge on any atom is 0.329 e. The summed E-state index contributed by atoms with van der Waals surface area (Å²) in [5.74, 6) is 0.419. The molecule has 6 heteroatoms. The molecule has 1 aromatic heterocycles. The molecule has 1 saturated heterocycles. The van der Waals surface area contributed by atoms with Crippen LogP contribution in [0.5, 0.6) is 0 Å². The first-order valence-corrected chi connectivity index (χ1v) is 6.98. The topological polar surface area (TPSA) is 64.1 Å². The Kier molecular flexibility index (Phi) is 4.47. The molecular weight excluding hydrogens is 268 g/mol. The summed E-state index contributed by atoms with van der Waals surface area (Å²) in [6, 6.07) is 0. The molecule has 19 heavy (non-hydrogen) atoms. The van der Waals surface area contributed by atoms with E-state index in [0.29, 0.717) is 18.0 Å². The third kappa shape index (κ3) is 3.09. The maximum absolute atomic E-state index is 12.3. The summed E-state index contributed by atoms with van der Waals surface area (Å²) < 4.78 is 6.54. The predicted octanol–water partition coefficient (Wildman–Crippen LogP) is 1.74. The van der Waals surface area contributed by atoms with Gasteiger partial charge in [0.05, 0.1) is 5.56 Å². The minimum absolute atomic E-state index is 0.0158. The van der Waals surface area contributed by atoms with E-state index in [1.165, 1.54) is 4.57 Å². The molecule has 1 aliphatic heterocycles. The summed E-state index contributed by atoms with van der Waals surface area (Å²) >= 11 is 5.94. The van der Waals surface area contributed by atoms with Crippen molar-refractivity contribution < 1.29 is 4.74 Å². The molecule has 0 spiro atoms. The van der Waals surface area contributed by atoms with E-state index in [-0.39, 0.29) is 16.6 Å². The number of rotatable bonds is 4. The summed E-state index contributed by atoms with van der Waals surface area (Å²) in [5, 5.41) is 0.158. The van der Waals surface area contributed by atoms with Crippen LogP contribution in [0.25, 0.3) is 0 Å². The van der Waals surface area contributed by atoms with Crippen LogP contribution in [0.2, 0.25) is 5.15 Å². The Balaban J connectivity index is 2.26. The van der Waals surface area contributed by atoms with Crippen molar-refractivity contribution in [1.82, 2.24) is 9.55 Å². The van der Waals surface area contributed by atoms with E-state index in [1.54, 1.807) is 0 Å². The monoisotopic (exact) mass is 286 g/mol. The van der Waals surface area contributed by atoms with Gasteiger partial charge in [-0.3, -0.25) is 14.3 Å². The van der Waals surface area contributed by atoms with Crippen LogP contribution < -0.4 is 11.2 Å². The van der Waals surface area contributed by atoms with E-state index in [2.05, 4.69) is 4.98 Å². The number of ether oxygens (including phenoxy) is 1. The van der Waals surface area contributed by atoms with Gasteiger partial charge in [0.2, 0.25) is 0 Å². The fraction of sp³-hybridized carbons (Fsp3) is 0.692. The number of hydrogen-bond acceptors (Lipinski definition) is 3. The number of aromatic amines is 1. The Hall–Kier alpha value is -1.07. The summed E-state index contributed by atoms with van der Waals surface area (Å²) in [6.45, 7) is 5.68. The third-order valence-electron chi connectivity index (χ3n) is 3.54. The molecule has 1 atom stereocenters. The zero-order valence-corrected chi connectivity index (χ0v) is 12.0. The second-order valence-corrected chi connectivity index (χ2v) is 5.67. The van der Waals surface area contributed by atoms with Crippen LogP contribution >= 0.6 is 11.6 Å². The van der Waals surface area contributed by atoms with Crippen molar-refractivity contribution in [3.63, 3.8) is 0 Å². The highest BCUT2D eigenvalue weighted by atomic mass is 35.5. The summed E-state index contributed by atoms with van der Waals surface area (Å²) in [7, 11) is 0. The van der Waals surface area contributed by atoms with Gasteiger partial charge in [-0.15, -0.1) is 0 Å². The van der Waals surface area contributed by atoms with Crippen LogP contribution in [0.1, 0.15) is 38.2 Å². The highest BCUT2D eigenvalue weighted by molar-refractivity contribution is 6.30. The van der Waals surface area contributed by atoms with Crippen LogP contribution in [-0.4, -0.2) is 22.8 Å². The van der Waals surface area contributed by atoms with Crippen LogP contribution in [0, 0.1) is 5.92 Å². The quantitative estimate of drug-likeness (QED) is 0.858. The van der Waals surface area contributed by atoms with E-state index in [1.807, 2.05) is 13.8 Å². The van der Waals surface area contributed by atoms with Crippen molar-refractivity contribution in [3.8, 4) is 0 Å². The smallest absolute Gasteiger partial charge is 0.329 e. The molecule has 1 aromatic rings. The zero-order chi connectivity index (χ0) is 14.0. The minimum Gasteiger partial charge on any atom is -0.381 e. The molecule has 0 radical (unpaired) electrons. The van der Waals surface area contributed by atoms with Gasteiger partial charge in [0, 0.05) is 19.8 Å². The number of nitrogens with one attached hydrogen (secondary N) is 1. The first-order chi connectivity index (χ1) is 9.00. The average molecular weight is 287 g/mol. The van der Waals surface area contributed by atoms with Gasteiger partial charge in [-0.25, -0.2) is 4.79 Å². The van der Waals surface area contributed by atoms with Gasteiger partial charge in [-0.2, -0.15) is 0 Å². The lowest BCUT2D eigenvalue weighted by atomic mass is 10.0. The lowest BCUT2D eigenvalue weighted by molar-refractivity contribution is 0.183. The van der Waals surface area contributed by atoms with Gasteiger partial charge in [-0.1, -0.05) is 25.4 Å². The number of hydrogen-bond donors (Lipinski definition) is 1. The molecule has 1 fully saturated rings. The fourth-order valence-corrected chi connectivity index (χ4v) is 2.77. The lowest BCUT2D eigenvalue weighted by Gasteiger charge is -2.12. The van der Waals surface area contributed by atoms with Gasteiger partial charge >= 0.3 is 5.69 Å². The Morgan fingerprint density at radius 3 is 2.79 bits per heavy atom. The van der Waals surface area contributed by atoms with Crippen LogP contribution in [0.15, 0.2) is 9.59 Å². The lowest BCUT2D eigenvalue weighted by Crippen LogP contribution is -2.38. The molecule has 1 unspecified atom stereocenters. The summed E-state index contributed by atoms with van der Waals surface area (Å²) in [6.07, 6.45) is 1.78. The second kappa shape index (κ2) is 5.92. The van der Waals surface area contributed by atoms with E-state index < -0.39 is 5.69 Å². The summed E-state index contributed by atoms with van der Waals surface area (Å²) in [5.41, 5.74) is -0.232. The van der Waals surface area contributed by atoms with Gasteiger partial charge in [0.25, 0.3) is 5.56 Å². The molecule has 2 heterocycles. The van der Waals surface area contributed by atoms with Gasteiger partial charge in [-0.05, 0) is 24.7 Å². The second-order valence-electron chi connectivity index (χ2n) is 5.29. The molecule has 1 aliphatic rings. The molecule has 1 N–H and O–H groups in total. The standard InChI is InChI=1S/C13H19ClN2O3/c1-8(2)10-11(14)15-13(18)16(12(10)17)5-3-9-4-6-19-7-9/h8-9H,3-7H2,1-2H3,(H,15,18). The van der Waals surface area contributed by atoms with Crippen molar-refractivity contribution in [3.05, 3.63) is 31.6 Å². The van der Waals surface area contributed by atoms with Crippen molar-refractivity contribution in [1.29, 1.82) is 0 Å². The predicted molar refractivity (Wildman–Crippen MR) is 74.0 cm³/mol. The number of aromatic nitrogens is 2. The van der Waals surface area contributed by atoms with Crippen LogP contribution in [0.3, 0.4) is 0 Å². The van der Waals surface area contributed by atoms with E-state index in [0.717, 1.165) is 26.1 Å². The van der Waals surface area contributed by atoms with Crippen molar-refractivity contribution >= 4 is 11.6 Å². The van der Waals surface area contributed by atoms with Crippen molar-refractivity contribution in [2.75, 3.05) is 13.2 Å². The molecule has 2 rings (SSSR count). The first kappa shape index (κ1) is 14.3. The minimum atomic E-state index is -0.432. The Morgan fingerprint density at radius 2 is 2.21 bits per heavy atom. The molecule has 0 bridgehead atoms. The largest absolute Gasteiger partial charge is 0.381 e. The van der Waals surface area contributed by atoms with Gasteiger partial charge in [0.1, 0.15) is 5.15 Å². The zero-order valence-electron chi connectivity index (χ0n) is 11.2. The Bertz CT molecular complexity index is 556. The number of halogens is 1. The van der Waals surface area contributed by atoms with E-state index in [9.17, 15) is 9.59 Å². The van der Waals surface area contributed by atoms with Crippen LogP contribution in [0.4, 0.5) is 0 Å². The average Bonchev–Trinajstić information content (AvgIpc) is 2.80. The van der Waals surface area contributed by atoms with Crippen LogP contribution in [-0.2, 0) is 11.3 Å². The molecule has 5 nitrogen and oxygen atoms in total. The highest BCUT2D eigenvalue weighted by Gasteiger charge is 2.19. The third-order valence-corrected chi connectivity index (χ3v) is 3.83. The summed E-state index contributed by atoms with van der Waals surface area (Å²) in [4.78, 5) is 26.7. The van der Waals surface area contributed by atoms with Crippen molar-refractivity contribution in [2.24, 2.45) is 5.92 Å². The molecule has 0 aliphatic carbocycles. The van der Waals surface area contributed by atoms with Gasteiger partial charge < -0.3 is 4.74 Å². The van der Waals surface area contributed by atoms with E-state index in [4.69, 9.17) is 16.3 Å². The normalized spacial score (nSPS) is 19.3. The van der Waals surface area contributed by atoms with Crippen molar-refractivity contribution in [2.45, 2.75) is 39.2 Å². The fourth-order valence-electron chi connectivity index (χ4n) is 2.39. The number of nitrogens with zero attached hydrogens (tertiary/aromatic N) is 1. The number of H-pyrrole nitrogens is 1. The Labute approximate surface area is 116 Å². The molecule has 0 aromatic carbocycles. The molecule has 0 saturated carbocycles. The highest BCUT2D eigenvalue weighted by Crippen LogP contribution is 2.18.